The first-order chi connectivity index (χ1) is 7.47. The van der Waals surface area contributed by atoms with Crippen molar-refractivity contribution in [1.82, 2.24) is 0 Å². The largest absolute Gasteiger partial charge is 0.481 e. The molecular weight excluding hydrogens is 210 g/mol. The van der Waals surface area contributed by atoms with Gasteiger partial charge in [0.25, 0.3) is 5.69 Å². The maximum atomic E-state index is 11.1. The van der Waals surface area contributed by atoms with Gasteiger partial charge in [-0.25, -0.2) is 0 Å². The van der Waals surface area contributed by atoms with Crippen LogP contribution in [0.1, 0.15) is 24.0 Å². The molecule has 1 aromatic carbocycles. The van der Waals surface area contributed by atoms with Gasteiger partial charge in [-0.2, -0.15) is 0 Å². The third-order valence-corrected chi connectivity index (χ3v) is 3.11. The minimum absolute atomic E-state index is 0.0480. The Bertz CT molecular complexity index is 477. The predicted molar refractivity (Wildman–Crippen MR) is 56.4 cm³/mol. The predicted octanol–water partition coefficient (Wildman–Crippen LogP) is 2.02. The number of aliphatic carboxylic acids is 1. The SMILES string of the molecule is Cc1ccc([N+](=O)[O-])cc1C1(C(=O)O)CC1. The highest BCUT2D eigenvalue weighted by Crippen LogP contribution is 2.50. The van der Waals surface area contributed by atoms with Crippen molar-refractivity contribution in [2.75, 3.05) is 0 Å². The summed E-state index contributed by atoms with van der Waals surface area (Å²) in [5.74, 6) is -0.893. The minimum Gasteiger partial charge on any atom is -0.481 e. The van der Waals surface area contributed by atoms with Gasteiger partial charge in [0.15, 0.2) is 0 Å². The highest BCUT2D eigenvalue weighted by Gasteiger charge is 2.52. The first-order valence-electron chi connectivity index (χ1n) is 4.96. The van der Waals surface area contributed by atoms with E-state index >= 15 is 0 Å². The molecule has 0 heterocycles. The molecule has 1 aliphatic rings. The van der Waals surface area contributed by atoms with E-state index in [4.69, 9.17) is 5.11 Å². The standard InChI is InChI=1S/C11H11NO4/c1-7-2-3-8(12(15)16)6-9(7)11(4-5-11)10(13)14/h2-3,6H,4-5H2,1H3,(H,13,14). The number of hydrogen-bond acceptors (Lipinski definition) is 3. The van der Waals surface area contributed by atoms with E-state index in [1.807, 2.05) is 0 Å². The lowest BCUT2D eigenvalue weighted by Gasteiger charge is -2.12. The second-order valence-electron chi connectivity index (χ2n) is 4.14. The summed E-state index contributed by atoms with van der Waals surface area (Å²) < 4.78 is 0. The molecule has 16 heavy (non-hydrogen) atoms. The molecule has 0 bridgehead atoms. The molecule has 0 atom stereocenters. The fourth-order valence-corrected chi connectivity index (χ4v) is 1.96. The summed E-state index contributed by atoms with van der Waals surface area (Å²) in [4.78, 5) is 21.3. The molecule has 2 rings (SSSR count). The van der Waals surface area contributed by atoms with Crippen LogP contribution >= 0.6 is 0 Å². The number of non-ortho nitro benzene ring substituents is 1. The lowest BCUT2D eigenvalue weighted by molar-refractivity contribution is -0.384. The molecule has 0 aliphatic heterocycles. The Kier molecular flexibility index (Phi) is 2.18. The number of benzene rings is 1. The van der Waals surface area contributed by atoms with Crippen LogP contribution in [0.4, 0.5) is 5.69 Å². The maximum Gasteiger partial charge on any atom is 0.314 e. The van der Waals surface area contributed by atoms with E-state index in [-0.39, 0.29) is 5.69 Å². The highest BCUT2D eigenvalue weighted by atomic mass is 16.6. The Labute approximate surface area is 91.9 Å². The second kappa shape index (κ2) is 3.30. The average molecular weight is 221 g/mol. The van der Waals surface area contributed by atoms with Crippen LogP contribution < -0.4 is 0 Å². The Morgan fingerprint density at radius 2 is 2.12 bits per heavy atom. The number of carboxylic acid groups (broad SMARTS) is 1. The first kappa shape index (κ1) is 10.6. The van der Waals surface area contributed by atoms with Gasteiger partial charge in [-0.3, -0.25) is 14.9 Å². The monoisotopic (exact) mass is 221 g/mol. The molecule has 5 nitrogen and oxygen atoms in total. The van der Waals surface area contributed by atoms with Gasteiger partial charge in [0, 0.05) is 12.1 Å². The summed E-state index contributed by atoms with van der Waals surface area (Å²) in [5, 5.41) is 19.8. The van der Waals surface area contributed by atoms with Crippen molar-refractivity contribution in [1.29, 1.82) is 0 Å². The van der Waals surface area contributed by atoms with E-state index in [1.165, 1.54) is 12.1 Å². The molecule has 0 unspecified atom stereocenters. The number of nitro groups is 1. The summed E-state index contributed by atoms with van der Waals surface area (Å²) in [6.07, 6.45) is 1.12. The molecule has 1 saturated carbocycles. The van der Waals surface area contributed by atoms with Crippen molar-refractivity contribution in [3.05, 3.63) is 39.4 Å². The van der Waals surface area contributed by atoms with Crippen molar-refractivity contribution in [2.24, 2.45) is 0 Å². The van der Waals surface area contributed by atoms with Crippen LogP contribution in [0, 0.1) is 17.0 Å². The van der Waals surface area contributed by atoms with Gasteiger partial charge in [0.1, 0.15) is 0 Å². The number of nitrogens with zero attached hydrogens (tertiary/aromatic N) is 1. The van der Waals surface area contributed by atoms with Crippen LogP contribution in [0.3, 0.4) is 0 Å². The molecule has 1 aliphatic carbocycles. The summed E-state index contributed by atoms with van der Waals surface area (Å²) in [7, 11) is 0. The van der Waals surface area contributed by atoms with Gasteiger partial charge >= 0.3 is 5.97 Å². The maximum absolute atomic E-state index is 11.1. The Morgan fingerprint density at radius 1 is 1.50 bits per heavy atom. The van der Waals surface area contributed by atoms with Crippen LogP contribution in [-0.4, -0.2) is 16.0 Å². The topological polar surface area (TPSA) is 80.4 Å². The van der Waals surface area contributed by atoms with Crippen molar-refractivity contribution in [3.8, 4) is 0 Å². The molecule has 0 aromatic heterocycles. The van der Waals surface area contributed by atoms with Crippen LogP contribution in [-0.2, 0) is 10.2 Å². The molecule has 0 radical (unpaired) electrons. The molecule has 5 heteroatoms. The Balaban J connectivity index is 2.52. The third-order valence-electron chi connectivity index (χ3n) is 3.11. The summed E-state index contributed by atoms with van der Waals surface area (Å²) in [5.41, 5.74) is 0.448. The van der Waals surface area contributed by atoms with E-state index in [9.17, 15) is 14.9 Å². The molecular formula is C11H11NO4. The quantitative estimate of drug-likeness (QED) is 0.625. The summed E-state index contributed by atoms with van der Waals surface area (Å²) in [6, 6.07) is 4.39. The van der Waals surface area contributed by atoms with Crippen LogP contribution in [0.15, 0.2) is 18.2 Å². The first-order valence-corrected chi connectivity index (χ1v) is 4.96. The molecule has 0 saturated heterocycles. The summed E-state index contributed by atoms with van der Waals surface area (Å²) in [6.45, 7) is 1.78. The van der Waals surface area contributed by atoms with Crippen LogP contribution in [0.5, 0.6) is 0 Å². The number of carbonyl (C=O) groups is 1. The van der Waals surface area contributed by atoms with Crippen LogP contribution in [0.25, 0.3) is 0 Å². The van der Waals surface area contributed by atoms with Crippen molar-refractivity contribution >= 4 is 11.7 Å². The highest BCUT2D eigenvalue weighted by molar-refractivity contribution is 5.85. The van der Waals surface area contributed by atoms with E-state index in [1.54, 1.807) is 13.0 Å². The van der Waals surface area contributed by atoms with E-state index in [0.717, 1.165) is 5.56 Å². The number of carboxylic acids is 1. The van der Waals surface area contributed by atoms with Crippen LogP contribution in [0.2, 0.25) is 0 Å². The number of aryl methyl sites for hydroxylation is 1. The minimum atomic E-state index is -0.893. The fourth-order valence-electron chi connectivity index (χ4n) is 1.96. The van der Waals surface area contributed by atoms with Gasteiger partial charge in [0.2, 0.25) is 0 Å². The fraction of sp³-hybridized carbons (Fsp3) is 0.364. The molecule has 1 N–H and O–H groups in total. The zero-order valence-corrected chi connectivity index (χ0v) is 8.77. The van der Waals surface area contributed by atoms with Gasteiger partial charge in [-0.1, -0.05) is 6.07 Å². The van der Waals surface area contributed by atoms with Gasteiger partial charge in [-0.05, 0) is 30.9 Å². The van der Waals surface area contributed by atoms with Gasteiger partial charge in [-0.15, -0.1) is 0 Å². The lowest BCUT2D eigenvalue weighted by atomic mass is 9.91. The van der Waals surface area contributed by atoms with Gasteiger partial charge < -0.3 is 5.11 Å². The average Bonchev–Trinajstić information content (AvgIpc) is 2.98. The number of nitro benzene ring substituents is 1. The second-order valence-corrected chi connectivity index (χ2v) is 4.14. The molecule has 84 valence electrons. The zero-order chi connectivity index (χ0) is 11.9. The number of hydrogen-bond donors (Lipinski definition) is 1. The molecule has 1 fully saturated rings. The third kappa shape index (κ3) is 1.44. The Hall–Kier alpha value is -1.91. The normalized spacial score (nSPS) is 16.8. The summed E-state index contributed by atoms with van der Waals surface area (Å²) >= 11 is 0. The van der Waals surface area contributed by atoms with E-state index in [2.05, 4.69) is 0 Å². The van der Waals surface area contributed by atoms with E-state index in [0.29, 0.717) is 18.4 Å². The van der Waals surface area contributed by atoms with E-state index < -0.39 is 16.3 Å². The zero-order valence-electron chi connectivity index (χ0n) is 8.77. The smallest absolute Gasteiger partial charge is 0.314 e. The van der Waals surface area contributed by atoms with Crippen molar-refractivity contribution in [3.63, 3.8) is 0 Å². The number of rotatable bonds is 3. The Morgan fingerprint density at radius 3 is 2.56 bits per heavy atom. The molecule has 1 aromatic rings. The van der Waals surface area contributed by atoms with Crippen molar-refractivity contribution < 1.29 is 14.8 Å². The molecule has 0 amide bonds. The van der Waals surface area contributed by atoms with Gasteiger partial charge in [0.05, 0.1) is 10.3 Å². The lowest BCUT2D eigenvalue weighted by Crippen LogP contribution is -2.20. The molecule has 0 spiro atoms. The van der Waals surface area contributed by atoms with Crippen molar-refractivity contribution in [2.45, 2.75) is 25.2 Å².